The van der Waals surface area contributed by atoms with Gasteiger partial charge in [0.25, 0.3) is 0 Å². The quantitative estimate of drug-likeness (QED) is 0.605. The van der Waals surface area contributed by atoms with Gasteiger partial charge in [0.05, 0.1) is 25.4 Å². The molecule has 6 nitrogen and oxygen atoms in total. The fraction of sp³-hybridized carbons (Fsp3) is 0.556. The Labute approximate surface area is 88.3 Å². The van der Waals surface area contributed by atoms with Gasteiger partial charge in [-0.2, -0.15) is 5.10 Å². The van der Waals surface area contributed by atoms with Crippen LogP contribution in [0.3, 0.4) is 0 Å². The number of anilines is 1. The number of likely N-dealkylation sites (N-methyl/N-ethyl adjacent to an activating group) is 1. The fourth-order valence-corrected chi connectivity index (χ4v) is 1.26. The molecule has 0 aromatic carbocycles. The molecule has 84 valence electrons. The van der Waals surface area contributed by atoms with E-state index >= 15 is 0 Å². The molecule has 1 amide bonds. The maximum Gasteiger partial charge on any atom is 0.239 e. The van der Waals surface area contributed by atoms with Gasteiger partial charge in [0.1, 0.15) is 5.82 Å². The third-order valence-electron chi connectivity index (χ3n) is 1.82. The number of carbonyl (C=O) groups excluding carboxylic acids is 1. The fourth-order valence-electron chi connectivity index (χ4n) is 1.26. The minimum atomic E-state index is -0.128. The van der Waals surface area contributed by atoms with E-state index < -0.39 is 0 Å². The van der Waals surface area contributed by atoms with Crippen LogP contribution in [0.25, 0.3) is 0 Å². The van der Waals surface area contributed by atoms with Crippen LogP contribution in [0.2, 0.25) is 0 Å². The predicted molar refractivity (Wildman–Crippen MR) is 56.6 cm³/mol. The first kappa shape index (κ1) is 11.7. The lowest BCUT2D eigenvalue weighted by molar-refractivity contribution is -0.115. The third-order valence-corrected chi connectivity index (χ3v) is 1.82. The van der Waals surface area contributed by atoms with E-state index in [0.717, 1.165) is 5.69 Å². The molecule has 1 aromatic heterocycles. The first-order chi connectivity index (χ1) is 7.17. The number of aliphatic hydroxyl groups is 1. The Morgan fingerprint density at radius 3 is 3.00 bits per heavy atom. The standard InChI is InChI=1S/C9H16N4O2/c1-7-5-8(11-9(15)6-10-2)13(12-7)3-4-14/h5,10,14H,3-4,6H2,1-2H3,(H,11,15). The molecule has 0 fully saturated rings. The zero-order valence-electron chi connectivity index (χ0n) is 8.95. The molecule has 0 aliphatic carbocycles. The van der Waals surface area contributed by atoms with E-state index in [9.17, 15) is 4.79 Å². The van der Waals surface area contributed by atoms with Gasteiger partial charge in [-0.3, -0.25) is 4.79 Å². The topological polar surface area (TPSA) is 79.2 Å². The average Bonchev–Trinajstić information content (AvgIpc) is 2.47. The number of nitrogens with one attached hydrogen (secondary N) is 2. The Balaban J connectivity index is 2.70. The van der Waals surface area contributed by atoms with Crippen molar-refractivity contribution in [2.24, 2.45) is 0 Å². The lowest BCUT2D eigenvalue weighted by atomic mass is 10.4. The molecule has 0 spiro atoms. The Kier molecular flexibility index (Phi) is 4.26. The number of hydrogen-bond acceptors (Lipinski definition) is 4. The van der Waals surface area contributed by atoms with E-state index in [1.165, 1.54) is 0 Å². The number of hydrogen-bond donors (Lipinski definition) is 3. The van der Waals surface area contributed by atoms with Crippen LogP contribution in [-0.4, -0.2) is 41.0 Å². The largest absolute Gasteiger partial charge is 0.394 e. The van der Waals surface area contributed by atoms with Crippen LogP contribution in [0.15, 0.2) is 6.07 Å². The average molecular weight is 212 g/mol. The molecule has 0 saturated heterocycles. The molecule has 0 aliphatic rings. The summed E-state index contributed by atoms with van der Waals surface area (Å²) in [6, 6.07) is 1.77. The maximum atomic E-state index is 11.3. The summed E-state index contributed by atoms with van der Waals surface area (Å²) in [5, 5.41) is 18.4. The lowest BCUT2D eigenvalue weighted by Gasteiger charge is -2.06. The molecule has 1 aromatic rings. The Morgan fingerprint density at radius 2 is 2.40 bits per heavy atom. The highest BCUT2D eigenvalue weighted by molar-refractivity contribution is 5.91. The van der Waals surface area contributed by atoms with Crippen molar-refractivity contribution in [3.8, 4) is 0 Å². The number of nitrogens with zero attached hydrogens (tertiary/aromatic N) is 2. The second-order valence-corrected chi connectivity index (χ2v) is 3.20. The Morgan fingerprint density at radius 1 is 1.67 bits per heavy atom. The van der Waals surface area contributed by atoms with Gasteiger partial charge in [-0.15, -0.1) is 0 Å². The van der Waals surface area contributed by atoms with Gasteiger partial charge < -0.3 is 15.7 Å². The van der Waals surface area contributed by atoms with E-state index in [2.05, 4.69) is 15.7 Å². The van der Waals surface area contributed by atoms with Crippen LogP contribution in [0.5, 0.6) is 0 Å². The van der Waals surface area contributed by atoms with Crippen LogP contribution in [-0.2, 0) is 11.3 Å². The van der Waals surface area contributed by atoms with Crippen molar-refractivity contribution in [3.05, 3.63) is 11.8 Å². The molecule has 1 heterocycles. The number of amides is 1. The van der Waals surface area contributed by atoms with Crippen molar-refractivity contribution in [3.63, 3.8) is 0 Å². The van der Waals surface area contributed by atoms with Crippen molar-refractivity contribution in [2.45, 2.75) is 13.5 Å². The summed E-state index contributed by atoms with van der Waals surface area (Å²) >= 11 is 0. The van der Waals surface area contributed by atoms with Crippen molar-refractivity contribution >= 4 is 11.7 Å². The first-order valence-electron chi connectivity index (χ1n) is 4.77. The molecule has 0 radical (unpaired) electrons. The lowest BCUT2D eigenvalue weighted by Crippen LogP contribution is -2.26. The zero-order valence-corrected chi connectivity index (χ0v) is 8.95. The summed E-state index contributed by atoms with van der Waals surface area (Å²) in [6.07, 6.45) is 0. The van der Waals surface area contributed by atoms with Gasteiger partial charge in [-0.05, 0) is 14.0 Å². The highest BCUT2D eigenvalue weighted by atomic mass is 16.3. The predicted octanol–water partition coefficient (Wildman–Crippen LogP) is -0.658. The smallest absolute Gasteiger partial charge is 0.239 e. The van der Waals surface area contributed by atoms with Crippen LogP contribution in [0.1, 0.15) is 5.69 Å². The SMILES string of the molecule is CNCC(=O)Nc1cc(C)nn1CCO. The van der Waals surface area contributed by atoms with Crippen molar-refractivity contribution in [1.82, 2.24) is 15.1 Å². The van der Waals surface area contributed by atoms with E-state index in [0.29, 0.717) is 12.4 Å². The molecule has 0 unspecified atom stereocenters. The first-order valence-corrected chi connectivity index (χ1v) is 4.77. The normalized spacial score (nSPS) is 10.3. The van der Waals surface area contributed by atoms with Gasteiger partial charge in [-0.25, -0.2) is 4.68 Å². The van der Waals surface area contributed by atoms with Gasteiger partial charge >= 0.3 is 0 Å². The van der Waals surface area contributed by atoms with Crippen molar-refractivity contribution in [1.29, 1.82) is 0 Å². The minimum Gasteiger partial charge on any atom is -0.394 e. The molecule has 0 bridgehead atoms. The van der Waals surface area contributed by atoms with Crippen LogP contribution < -0.4 is 10.6 Å². The second-order valence-electron chi connectivity index (χ2n) is 3.20. The summed E-state index contributed by atoms with van der Waals surface area (Å²) in [5.74, 6) is 0.485. The van der Waals surface area contributed by atoms with Crippen molar-refractivity contribution in [2.75, 3.05) is 25.5 Å². The van der Waals surface area contributed by atoms with E-state index in [4.69, 9.17) is 5.11 Å². The van der Waals surface area contributed by atoms with E-state index in [1.54, 1.807) is 17.8 Å². The number of aliphatic hydroxyl groups excluding tert-OH is 1. The summed E-state index contributed by atoms with van der Waals surface area (Å²) < 4.78 is 1.57. The Hall–Kier alpha value is -1.40. The molecular formula is C9H16N4O2. The number of rotatable bonds is 5. The second kappa shape index (κ2) is 5.47. The molecular weight excluding hydrogens is 196 g/mol. The molecule has 0 aliphatic heterocycles. The van der Waals surface area contributed by atoms with Crippen LogP contribution in [0.4, 0.5) is 5.82 Å². The highest BCUT2D eigenvalue weighted by Crippen LogP contribution is 2.09. The van der Waals surface area contributed by atoms with Gasteiger partial charge in [0.15, 0.2) is 0 Å². The van der Waals surface area contributed by atoms with Gasteiger partial charge in [-0.1, -0.05) is 0 Å². The number of carbonyl (C=O) groups is 1. The minimum absolute atomic E-state index is 0.00395. The summed E-state index contributed by atoms with van der Waals surface area (Å²) in [6.45, 7) is 2.46. The van der Waals surface area contributed by atoms with Gasteiger partial charge in [0, 0.05) is 6.07 Å². The maximum absolute atomic E-state index is 11.3. The third kappa shape index (κ3) is 3.34. The molecule has 0 atom stereocenters. The summed E-state index contributed by atoms with van der Waals surface area (Å²) in [5.41, 5.74) is 0.809. The van der Waals surface area contributed by atoms with E-state index in [1.807, 2.05) is 6.92 Å². The molecule has 0 saturated carbocycles. The number of aromatic nitrogens is 2. The molecule has 3 N–H and O–H groups in total. The molecule has 1 rings (SSSR count). The van der Waals surface area contributed by atoms with Crippen LogP contribution >= 0.6 is 0 Å². The molecule has 15 heavy (non-hydrogen) atoms. The Bertz CT molecular complexity index is 335. The summed E-state index contributed by atoms with van der Waals surface area (Å²) in [4.78, 5) is 11.3. The monoisotopic (exact) mass is 212 g/mol. The highest BCUT2D eigenvalue weighted by Gasteiger charge is 2.07. The van der Waals surface area contributed by atoms with Crippen LogP contribution in [0, 0.1) is 6.92 Å². The van der Waals surface area contributed by atoms with Crippen molar-refractivity contribution < 1.29 is 9.90 Å². The summed E-state index contributed by atoms with van der Waals surface area (Å²) in [7, 11) is 1.70. The van der Waals surface area contributed by atoms with E-state index in [-0.39, 0.29) is 19.1 Å². The number of aryl methyl sites for hydroxylation is 1. The molecule has 6 heteroatoms. The van der Waals surface area contributed by atoms with Gasteiger partial charge in [0.2, 0.25) is 5.91 Å². The zero-order chi connectivity index (χ0) is 11.3.